The van der Waals surface area contributed by atoms with Crippen molar-refractivity contribution >= 4 is 17.8 Å². The lowest BCUT2D eigenvalue weighted by Gasteiger charge is -2.12. The predicted octanol–water partition coefficient (Wildman–Crippen LogP) is 5.02. The topological polar surface area (TPSA) is 60.5 Å². The second kappa shape index (κ2) is 10.1. The summed E-state index contributed by atoms with van der Waals surface area (Å²) < 4.78 is 11.3. The largest absolute Gasteiger partial charge is 0.494 e. The number of nitrogens with zero attached hydrogens (tertiary/aromatic N) is 1. The minimum Gasteiger partial charge on any atom is -0.494 e. The molecule has 0 bridgehead atoms. The number of benzene rings is 2. The molecule has 1 heterocycles. The van der Waals surface area contributed by atoms with Crippen molar-refractivity contribution in [2.75, 3.05) is 11.9 Å². The van der Waals surface area contributed by atoms with Gasteiger partial charge in [0.15, 0.2) is 11.6 Å². The van der Waals surface area contributed by atoms with Crippen molar-refractivity contribution in [2.45, 2.75) is 20.5 Å². The van der Waals surface area contributed by atoms with Crippen LogP contribution in [0, 0.1) is 6.92 Å². The molecule has 0 aliphatic rings. The van der Waals surface area contributed by atoms with Gasteiger partial charge in [0.1, 0.15) is 12.4 Å². The predicted molar refractivity (Wildman–Crippen MR) is 115 cm³/mol. The van der Waals surface area contributed by atoms with Crippen LogP contribution in [0.5, 0.6) is 11.5 Å². The first-order chi connectivity index (χ1) is 14.2. The van der Waals surface area contributed by atoms with Crippen LogP contribution >= 0.6 is 0 Å². The molecule has 148 valence electrons. The summed E-state index contributed by atoms with van der Waals surface area (Å²) in [7, 11) is 0. The zero-order valence-electron chi connectivity index (χ0n) is 16.6. The lowest BCUT2D eigenvalue weighted by Crippen LogP contribution is -2.11. The normalized spacial score (nSPS) is 10.7. The minimum absolute atomic E-state index is 0.279. The van der Waals surface area contributed by atoms with Gasteiger partial charge in [0.2, 0.25) is 5.91 Å². The Bertz CT molecular complexity index is 981. The number of pyridine rings is 1. The summed E-state index contributed by atoms with van der Waals surface area (Å²) in [5, 5.41) is 2.78. The SMILES string of the molecule is CCOc1ccc(/C=C/C(=O)Nc2ncccc2OCc2ccccc2C)cc1. The molecule has 3 rings (SSSR count). The van der Waals surface area contributed by atoms with Gasteiger partial charge in [-0.3, -0.25) is 4.79 Å². The Kier molecular flexibility index (Phi) is 7.00. The van der Waals surface area contributed by atoms with E-state index in [1.54, 1.807) is 24.4 Å². The minimum atomic E-state index is -0.279. The van der Waals surface area contributed by atoms with E-state index < -0.39 is 0 Å². The van der Waals surface area contributed by atoms with Gasteiger partial charge in [0.25, 0.3) is 0 Å². The third kappa shape index (κ3) is 5.94. The highest BCUT2D eigenvalue weighted by Gasteiger charge is 2.08. The fourth-order valence-corrected chi connectivity index (χ4v) is 2.70. The number of anilines is 1. The molecular weight excluding hydrogens is 364 g/mol. The Morgan fingerprint density at radius 3 is 2.59 bits per heavy atom. The van der Waals surface area contributed by atoms with Gasteiger partial charge in [-0.05, 0) is 60.9 Å². The summed E-state index contributed by atoms with van der Waals surface area (Å²) in [5.74, 6) is 1.44. The molecule has 0 atom stereocenters. The molecule has 3 aromatic rings. The van der Waals surface area contributed by atoms with Crippen molar-refractivity contribution in [1.29, 1.82) is 0 Å². The Hall–Kier alpha value is -3.60. The summed E-state index contributed by atoms with van der Waals surface area (Å²) in [4.78, 5) is 16.6. The van der Waals surface area contributed by atoms with Crippen LogP contribution in [0.3, 0.4) is 0 Å². The van der Waals surface area contributed by atoms with Crippen molar-refractivity contribution in [3.63, 3.8) is 0 Å². The monoisotopic (exact) mass is 388 g/mol. The van der Waals surface area contributed by atoms with Crippen LogP contribution in [0.4, 0.5) is 5.82 Å². The Balaban J connectivity index is 1.62. The van der Waals surface area contributed by atoms with Gasteiger partial charge in [-0.15, -0.1) is 0 Å². The molecule has 0 saturated heterocycles. The van der Waals surface area contributed by atoms with E-state index in [1.165, 1.54) is 6.08 Å². The number of hydrogen-bond donors (Lipinski definition) is 1. The average molecular weight is 388 g/mol. The van der Waals surface area contributed by atoms with Crippen LogP contribution in [0.1, 0.15) is 23.6 Å². The molecule has 0 radical (unpaired) electrons. The number of aromatic nitrogens is 1. The smallest absolute Gasteiger partial charge is 0.249 e. The van der Waals surface area contributed by atoms with Crippen LogP contribution in [0.2, 0.25) is 0 Å². The van der Waals surface area contributed by atoms with Gasteiger partial charge in [0, 0.05) is 12.3 Å². The number of nitrogens with one attached hydrogen (secondary N) is 1. The number of amides is 1. The lowest BCUT2D eigenvalue weighted by molar-refractivity contribution is -0.111. The lowest BCUT2D eigenvalue weighted by atomic mass is 10.1. The molecule has 1 aromatic heterocycles. The fraction of sp³-hybridized carbons (Fsp3) is 0.167. The van der Waals surface area contributed by atoms with Crippen LogP contribution in [-0.2, 0) is 11.4 Å². The van der Waals surface area contributed by atoms with E-state index in [0.717, 1.165) is 22.4 Å². The Labute approximate surface area is 171 Å². The quantitative estimate of drug-likeness (QED) is 0.551. The third-order valence-corrected chi connectivity index (χ3v) is 4.27. The summed E-state index contributed by atoms with van der Waals surface area (Å²) >= 11 is 0. The third-order valence-electron chi connectivity index (χ3n) is 4.27. The molecule has 0 spiro atoms. The number of carbonyl (C=O) groups is 1. The molecule has 0 fully saturated rings. The van der Waals surface area contributed by atoms with Crippen molar-refractivity contribution < 1.29 is 14.3 Å². The van der Waals surface area contributed by atoms with Gasteiger partial charge in [-0.1, -0.05) is 36.4 Å². The summed E-state index contributed by atoms with van der Waals surface area (Å²) in [6, 6.07) is 19.1. The first kappa shape index (κ1) is 20.1. The van der Waals surface area contributed by atoms with Crippen molar-refractivity contribution in [3.8, 4) is 11.5 Å². The van der Waals surface area contributed by atoms with Crippen LogP contribution in [0.15, 0.2) is 72.9 Å². The van der Waals surface area contributed by atoms with E-state index in [2.05, 4.69) is 10.3 Å². The van der Waals surface area contributed by atoms with Crippen LogP contribution in [0.25, 0.3) is 6.08 Å². The van der Waals surface area contributed by atoms with Gasteiger partial charge < -0.3 is 14.8 Å². The number of rotatable bonds is 8. The van der Waals surface area contributed by atoms with Crippen molar-refractivity contribution in [3.05, 3.63) is 89.6 Å². The van der Waals surface area contributed by atoms with E-state index >= 15 is 0 Å². The van der Waals surface area contributed by atoms with E-state index in [4.69, 9.17) is 9.47 Å². The van der Waals surface area contributed by atoms with E-state index in [-0.39, 0.29) is 5.91 Å². The zero-order chi connectivity index (χ0) is 20.5. The molecule has 2 aromatic carbocycles. The number of hydrogen-bond acceptors (Lipinski definition) is 4. The fourth-order valence-electron chi connectivity index (χ4n) is 2.70. The van der Waals surface area contributed by atoms with Crippen molar-refractivity contribution in [2.24, 2.45) is 0 Å². The highest BCUT2D eigenvalue weighted by molar-refractivity contribution is 6.02. The van der Waals surface area contributed by atoms with Gasteiger partial charge in [-0.2, -0.15) is 0 Å². The van der Waals surface area contributed by atoms with Gasteiger partial charge in [0.05, 0.1) is 6.61 Å². The maximum absolute atomic E-state index is 12.3. The summed E-state index contributed by atoms with van der Waals surface area (Å²) in [6.45, 7) is 5.00. The Morgan fingerprint density at radius 2 is 1.83 bits per heavy atom. The van der Waals surface area contributed by atoms with Crippen molar-refractivity contribution in [1.82, 2.24) is 4.98 Å². The molecule has 5 nitrogen and oxygen atoms in total. The maximum atomic E-state index is 12.3. The highest BCUT2D eigenvalue weighted by atomic mass is 16.5. The molecular formula is C24H24N2O3. The summed E-state index contributed by atoms with van der Waals surface area (Å²) in [5.41, 5.74) is 3.14. The molecule has 0 aliphatic carbocycles. The molecule has 5 heteroatoms. The van der Waals surface area contributed by atoms with Gasteiger partial charge in [-0.25, -0.2) is 4.98 Å². The molecule has 1 amide bonds. The second-order valence-electron chi connectivity index (χ2n) is 6.39. The van der Waals surface area contributed by atoms with E-state index in [1.807, 2.05) is 62.4 Å². The van der Waals surface area contributed by atoms with E-state index in [9.17, 15) is 4.79 Å². The zero-order valence-corrected chi connectivity index (χ0v) is 16.6. The number of carbonyl (C=O) groups excluding carboxylic acids is 1. The Morgan fingerprint density at radius 1 is 1.03 bits per heavy atom. The number of aryl methyl sites for hydroxylation is 1. The highest BCUT2D eigenvalue weighted by Crippen LogP contribution is 2.23. The standard InChI is InChI=1S/C24H24N2O3/c1-3-28-21-13-10-19(11-14-21)12-15-23(27)26-24-22(9-6-16-25-24)29-17-20-8-5-4-7-18(20)2/h4-16H,3,17H2,1-2H3,(H,25,26,27)/b15-12+. The average Bonchev–Trinajstić information content (AvgIpc) is 2.74. The maximum Gasteiger partial charge on any atom is 0.249 e. The van der Waals surface area contributed by atoms with Gasteiger partial charge >= 0.3 is 0 Å². The summed E-state index contributed by atoms with van der Waals surface area (Å²) in [6.07, 6.45) is 4.82. The number of ether oxygens (including phenoxy) is 2. The van der Waals surface area contributed by atoms with Crippen LogP contribution < -0.4 is 14.8 Å². The molecule has 0 saturated carbocycles. The molecule has 0 unspecified atom stereocenters. The first-order valence-electron chi connectivity index (χ1n) is 9.50. The van der Waals surface area contributed by atoms with Crippen LogP contribution in [-0.4, -0.2) is 17.5 Å². The second-order valence-corrected chi connectivity index (χ2v) is 6.39. The van der Waals surface area contributed by atoms with E-state index in [0.29, 0.717) is 24.8 Å². The molecule has 0 aliphatic heterocycles. The first-order valence-corrected chi connectivity index (χ1v) is 9.50. The molecule has 29 heavy (non-hydrogen) atoms. The molecule has 1 N–H and O–H groups in total.